The molecule has 0 aliphatic carbocycles. The highest BCUT2D eigenvalue weighted by molar-refractivity contribution is 6.06. The van der Waals surface area contributed by atoms with Gasteiger partial charge in [-0.15, -0.1) is 0 Å². The second-order valence-corrected chi connectivity index (χ2v) is 10.1. The van der Waals surface area contributed by atoms with Gasteiger partial charge in [-0.1, -0.05) is 18.2 Å². The van der Waals surface area contributed by atoms with Crippen LogP contribution in [0.25, 0.3) is 10.9 Å². The standard InChI is InChI=1S/C24H34N4O2/c1-24(2,3)26-22(29)15-28-17-9-10-18(28)12-16(11-17)13-25-23(30)20-14-27(4)21-8-6-5-7-19(20)21/h5-8,14,16-18H,9-13,15H2,1-4H3,(H,25,30)(H,26,29)/t16?,17-,18+. The summed E-state index contributed by atoms with van der Waals surface area (Å²) in [5.74, 6) is 0.594. The summed E-state index contributed by atoms with van der Waals surface area (Å²) in [5.41, 5.74) is 1.62. The number of hydrogen-bond acceptors (Lipinski definition) is 3. The van der Waals surface area contributed by atoms with E-state index in [0.717, 1.165) is 42.1 Å². The predicted octanol–water partition coefficient (Wildman–Crippen LogP) is 3.07. The van der Waals surface area contributed by atoms with Crippen LogP contribution in [-0.4, -0.2) is 52.0 Å². The quantitative estimate of drug-likeness (QED) is 0.796. The van der Waals surface area contributed by atoms with E-state index in [2.05, 4.69) is 15.5 Å². The Morgan fingerprint density at radius 3 is 2.43 bits per heavy atom. The lowest BCUT2D eigenvalue weighted by atomic mass is 9.90. The minimum absolute atomic E-state index is 0.00568. The zero-order chi connectivity index (χ0) is 21.5. The van der Waals surface area contributed by atoms with Crippen LogP contribution in [0.2, 0.25) is 0 Å². The van der Waals surface area contributed by atoms with Crippen molar-refractivity contribution in [2.75, 3.05) is 13.1 Å². The Morgan fingerprint density at radius 1 is 1.10 bits per heavy atom. The van der Waals surface area contributed by atoms with Crippen LogP contribution in [0.3, 0.4) is 0 Å². The van der Waals surface area contributed by atoms with E-state index in [9.17, 15) is 9.59 Å². The Labute approximate surface area is 179 Å². The molecule has 6 heteroatoms. The number of fused-ring (bicyclic) bond motifs is 3. The fraction of sp³-hybridized carbons (Fsp3) is 0.583. The molecule has 162 valence electrons. The number of nitrogens with zero attached hydrogens (tertiary/aromatic N) is 2. The second-order valence-electron chi connectivity index (χ2n) is 10.1. The molecule has 2 aromatic rings. The van der Waals surface area contributed by atoms with Crippen molar-refractivity contribution in [3.8, 4) is 0 Å². The van der Waals surface area contributed by atoms with E-state index in [4.69, 9.17) is 0 Å². The van der Waals surface area contributed by atoms with E-state index in [1.807, 2.05) is 62.8 Å². The largest absolute Gasteiger partial charge is 0.352 e. The molecule has 3 heterocycles. The van der Waals surface area contributed by atoms with Crippen LogP contribution >= 0.6 is 0 Å². The summed E-state index contributed by atoms with van der Waals surface area (Å²) in [5, 5.41) is 7.26. The molecule has 0 radical (unpaired) electrons. The van der Waals surface area contributed by atoms with Crippen LogP contribution in [-0.2, 0) is 11.8 Å². The number of aryl methyl sites for hydroxylation is 1. The number of amides is 2. The van der Waals surface area contributed by atoms with Crippen molar-refractivity contribution in [3.05, 3.63) is 36.0 Å². The molecule has 2 bridgehead atoms. The summed E-state index contributed by atoms with van der Waals surface area (Å²) in [6.45, 7) is 7.25. The molecule has 0 spiro atoms. The van der Waals surface area contributed by atoms with E-state index in [-0.39, 0.29) is 17.4 Å². The fourth-order valence-electron chi connectivity index (χ4n) is 5.29. The van der Waals surface area contributed by atoms with Crippen LogP contribution in [0, 0.1) is 5.92 Å². The highest BCUT2D eigenvalue weighted by Crippen LogP contribution is 2.38. The molecule has 4 rings (SSSR count). The molecule has 30 heavy (non-hydrogen) atoms. The third-order valence-electron chi connectivity index (χ3n) is 6.52. The summed E-state index contributed by atoms with van der Waals surface area (Å²) in [4.78, 5) is 27.6. The molecular weight excluding hydrogens is 376 g/mol. The number of rotatable bonds is 5. The van der Waals surface area contributed by atoms with Gasteiger partial charge in [0.1, 0.15) is 0 Å². The smallest absolute Gasteiger partial charge is 0.253 e. The van der Waals surface area contributed by atoms with Crippen LogP contribution in [0.15, 0.2) is 30.5 Å². The van der Waals surface area contributed by atoms with E-state index in [1.54, 1.807) is 0 Å². The van der Waals surface area contributed by atoms with Gasteiger partial charge in [-0.05, 0) is 58.4 Å². The maximum Gasteiger partial charge on any atom is 0.253 e. The van der Waals surface area contributed by atoms with Crippen LogP contribution < -0.4 is 10.6 Å². The average molecular weight is 411 g/mol. The van der Waals surface area contributed by atoms with Gasteiger partial charge < -0.3 is 15.2 Å². The molecule has 0 saturated carbocycles. The first-order chi connectivity index (χ1) is 14.2. The topological polar surface area (TPSA) is 66.4 Å². The Kier molecular flexibility index (Phi) is 5.62. The fourth-order valence-corrected chi connectivity index (χ4v) is 5.29. The van der Waals surface area contributed by atoms with E-state index in [0.29, 0.717) is 31.1 Å². The molecule has 1 unspecified atom stereocenters. The van der Waals surface area contributed by atoms with Crippen molar-refractivity contribution in [1.29, 1.82) is 0 Å². The number of aromatic nitrogens is 1. The van der Waals surface area contributed by atoms with Crippen LogP contribution in [0.4, 0.5) is 0 Å². The Morgan fingerprint density at radius 2 is 1.77 bits per heavy atom. The highest BCUT2D eigenvalue weighted by Gasteiger charge is 2.41. The van der Waals surface area contributed by atoms with E-state index >= 15 is 0 Å². The van der Waals surface area contributed by atoms with Gasteiger partial charge in [0, 0.05) is 48.3 Å². The maximum absolute atomic E-state index is 12.8. The Hall–Kier alpha value is -2.34. The summed E-state index contributed by atoms with van der Waals surface area (Å²) < 4.78 is 2.01. The third kappa shape index (κ3) is 4.38. The molecule has 2 amide bonds. The SMILES string of the molecule is Cn1cc(C(=O)NCC2C[C@H]3CC[C@@H](C2)N3CC(=O)NC(C)(C)C)c2ccccc21. The lowest BCUT2D eigenvalue weighted by molar-refractivity contribution is -0.125. The molecular formula is C24H34N4O2. The van der Waals surface area contributed by atoms with Gasteiger partial charge in [0.05, 0.1) is 12.1 Å². The first kappa shape index (κ1) is 20.9. The van der Waals surface area contributed by atoms with E-state index in [1.165, 1.54) is 0 Å². The van der Waals surface area contributed by atoms with Gasteiger partial charge in [0.15, 0.2) is 0 Å². The highest BCUT2D eigenvalue weighted by atomic mass is 16.2. The number of hydrogen-bond donors (Lipinski definition) is 2. The monoisotopic (exact) mass is 410 g/mol. The normalized spacial score (nSPS) is 24.2. The van der Waals surface area contributed by atoms with Crippen molar-refractivity contribution in [3.63, 3.8) is 0 Å². The van der Waals surface area contributed by atoms with Gasteiger partial charge in [0.25, 0.3) is 5.91 Å². The van der Waals surface area contributed by atoms with Crippen molar-refractivity contribution >= 4 is 22.7 Å². The predicted molar refractivity (Wildman–Crippen MR) is 119 cm³/mol. The number of carbonyl (C=O) groups excluding carboxylic acids is 2. The maximum atomic E-state index is 12.8. The molecule has 1 aromatic heterocycles. The zero-order valence-electron chi connectivity index (χ0n) is 18.6. The minimum Gasteiger partial charge on any atom is -0.352 e. The molecule has 2 aliphatic heterocycles. The minimum atomic E-state index is -0.194. The van der Waals surface area contributed by atoms with Crippen molar-refractivity contribution < 1.29 is 9.59 Å². The lowest BCUT2D eigenvalue weighted by Crippen LogP contribution is -2.52. The summed E-state index contributed by atoms with van der Waals surface area (Å²) in [6, 6.07) is 8.92. The van der Waals surface area contributed by atoms with Crippen LogP contribution in [0.5, 0.6) is 0 Å². The number of piperidine rings is 1. The summed E-state index contributed by atoms with van der Waals surface area (Å²) >= 11 is 0. The molecule has 2 N–H and O–H groups in total. The van der Waals surface area contributed by atoms with Gasteiger partial charge in [-0.25, -0.2) is 0 Å². The van der Waals surface area contributed by atoms with E-state index < -0.39 is 0 Å². The van der Waals surface area contributed by atoms with Crippen molar-refractivity contribution in [2.24, 2.45) is 13.0 Å². The molecule has 6 nitrogen and oxygen atoms in total. The van der Waals surface area contributed by atoms with Gasteiger partial charge in [-0.2, -0.15) is 0 Å². The molecule has 3 atom stereocenters. The number of carbonyl (C=O) groups is 2. The number of benzene rings is 1. The Bertz CT molecular complexity index is 928. The molecule has 2 fully saturated rings. The zero-order valence-corrected chi connectivity index (χ0v) is 18.6. The van der Waals surface area contributed by atoms with Gasteiger partial charge in [0.2, 0.25) is 5.91 Å². The van der Waals surface area contributed by atoms with Gasteiger partial charge >= 0.3 is 0 Å². The lowest BCUT2D eigenvalue weighted by Gasteiger charge is -2.39. The molecule has 2 saturated heterocycles. The van der Waals surface area contributed by atoms with Crippen molar-refractivity contribution in [2.45, 2.75) is 64.1 Å². The molecule has 1 aromatic carbocycles. The van der Waals surface area contributed by atoms with Crippen LogP contribution in [0.1, 0.15) is 56.8 Å². The van der Waals surface area contributed by atoms with Gasteiger partial charge in [-0.3, -0.25) is 14.5 Å². The first-order valence-corrected chi connectivity index (χ1v) is 11.1. The summed E-state index contributed by atoms with van der Waals surface area (Å²) in [7, 11) is 1.97. The third-order valence-corrected chi connectivity index (χ3v) is 6.52. The number of para-hydroxylation sites is 1. The van der Waals surface area contributed by atoms with Crippen molar-refractivity contribution in [1.82, 2.24) is 20.1 Å². The molecule has 2 aliphatic rings. The first-order valence-electron chi connectivity index (χ1n) is 11.1. The second kappa shape index (κ2) is 8.06. The summed E-state index contributed by atoms with van der Waals surface area (Å²) in [6.07, 6.45) is 6.33. The average Bonchev–Trinajstić information content (AvgIpc) is 3.11. The number of nitrogens with one attached hydrogen (secondary N) is 2. The Balaban J connectivity index is 1.33.